The molecule has 1 aliphatic heterocycles. The van der Waals surface area contributed by atoms with E-state index in [1.54, 1.807) is 24.4 Å². The monoisotopic (exact) mass is 339 g/mol. The van der Waals surface area contributed by atoms with Crippen LogP contribution in [0, 0.1) is 0 Å². The van der Waals surface area contributed by atoms with Crippen molar-refractivity contribution in [1.29, 1.82) is 0 Å². The molecule has 0 saturated carbocycles. The van der Waals surface area contributed by atoms with Crippen molar-refractivity contribution in [2.45, 2.75) is 6.10 Å². The van der Waals surface area contributed by atoms with E-state index in [0.717, 1.165) is 5.56 Å². The average molecular weight is 340 g/mol. The van der Waals surface area contributed by atoms with Gasteiger partial charge in [-0.15, -0.1) is 0 Å². The topological polar surface area (TPSA) is 40.6 Å². The standard InChI is InChI=1S/C19H14ClNO3/c20-14-6-9-19(21-11-14)23-15-7-8-16-17(10-15)22-12-18(24-16)13-4-2-1-3-5-13/h1-11,18H,12H2. The lowest BCUT2D eigenvalue weighted by Gasteiger charge is -2.27. The van der Waals surface area contributed by atoms with E-state index in [0.29, 0.717) is 34.8 Å². The zero-order valence-electron chi connectivity index (χ0n) is 12.7. The van der Waals surface area contributed by atoms with E-state index in [-0.39, 0.29) is 6.10 Å². The highest BCUT2D eigenvalue weighted by atomic mass is 35.5. The van der Waals surface area contributed by atoms with Gasteiger partial charge in [0.2, 0.25) is 5.88 Å². The molecule has 1 unspecified atom stereocenters. The van der Waals surface area contributed by atoms with Crippen molar-refractivity contribution in [3.8, 4) is 23.1 Å². The molecule has 120 valence electrons. The van der Waals surface area contributed by atoms with Gasteiger partial charge in [-0.2, -0.15) is 0 Å². The Hall–Kier alpha value is -2.72. The third kappa shape index (κ3) is 3.14. The predicted octanol–water partition coefficient (Wildman–Crippen LogP) is 5.04. The Bertz CT molecular complexity index is 837. The van der Waals surface area contributed by atoms with E-state index in [2.05, 4.69) is 4.98 Å². The first-order valence-electron chi connectivity index (χ1n) is 7.56. The Kier molecular flexibility index (Phi) is 3.97. The fourth-order valence-electron chi connectivity index (χ4n) is 2.49. The van der Waals surface area contributed by atoms with Crippen molar-refractivity contribution < 1.29 is 14.2 Å². The van der Waals surface area contributed by atoms with E-state index < -0.39 is 0 Å². The summed E-state index contributed by atoms with van der Waals surface area (Å²) in [5.74, 6) is 2.46. The Morgan fingerprint density at radius 2 is 1.88 bits per heavy atom. The van der Waals surface area contributed by atoms with Crippen LogP contribution in [0.3, 0.4) is 0 Å². The maximum Gasteiger partial charge on any atom is 0.219 e. The van der Waals surface area contributed by atoms with Gasteiger partial charge in [-0.05, 0) is 23.8 Å². The fraction of sp³-hybridized carbons (Fsp3) is 0.105. The predicted molar refractivity (Wildman–Crippen MR) is 91.1 cm³/mol. The Morgan fingerprint density at radius 1 is 1.00 bits per heavy atom. The molecule has 3 aromatic rings. The largest absolute Gasteiger partial charge is 0.485 e. The summed E-state index contributed by atoms with van der Waals surface area (Å²) in [6, 6.07) is 18.9. The van der Waals surface area contributed by atoms with Crippen LogP contribution in [0.1, 0.15) is 11.7 Å². The van der Waals surface area contributed by atoms with Gasteiger partial charge < -0.3 is 14.2 Å². The Labute approximate surface area is 144 Å². The lowest BCUT2D eigenvalue weighted by molar-refractivity contribution is 0.0910. The van der Waals surface area contributed by atoms with Crippen LogP contribution < -0.4 is 14.2 Å². The second-order valence-electron chi connectivity index (χ2n) is 5.35. The lowest BCUT2D eigenvalue weighted by Crippen LogP contribution is -2.21. The minimum Gasteiger partial charge on any atom is -0.485 e. The van der Waals surface area contributed by atoms with Crippen molar-refractivity contribution in [3.05, 3.63) is 77.4 Å². The number of nitrogens with zero attached hydrogens (tertiary/aromatic N) is 1. The minimum absolute atomic E-state index is 0.108. The first-order chi connectivity index (χ1) is 11.8. The van der Waals surface area contributed by atoms with Crippen molar-refractivity contribution in [3.63, 3.8) is 0 Å². The van der Waals surface area contributed by atoms with Gasteiger partial charge in [-0.1, -0.05) is 41.9 Å². The van der Waals surface area contributed by atoms with Crippen LogP contribution in [0.2, 0.25) is 5.02 Å². The van der Waals surface area contributed by atoms with Crippen LogP contribution >= 0.6 is 11.6 Å². The van der Waals surface area contributed by atoms with Crippen LogP contribution in [-0.2, 0) is 0 Å². The molecule has 4 nitrogen and oxygen atoms in total. The molecule has 1 atom stereocenters. The summed E-state index contributed by atoms with van der Waals surface area (Å²) in [5, 5.41) is 0.566. The summed E-state index contributed by atoms with van der Waals surface area (Å²) in [6.07, 6.45) is 1.43. The molecule has 2 aromatic carbocycles. The van der Waals surface area contributed by atoms with Gasteiger partial charge in [0.1, 0.15) is 12.4 Å². The van der Waals surface area contributed by atoms with Crippen LogP contribution in [0.15, 0.2) is 66.9 Å². The first-order valence-corrected chi connectivity index (χ1v) is 7.93. The maximum absolute atomic E-state index is 6.03. The number of ether oxygens (including phenoxy) is 3. The summed E-state index contributed by atoms with van der Waals surface area (Å²) in [5.41, 5.74) is 1.09. The number of hydrogen-bond donors (Lipinski definition) is 0. The van der Waals surface area contributed by atoms with Crippen LogP contribution in [0.25, 0.3) is 0 Å². The van der Waals surface area contributed by atoms with Gasteiger partial charge >= 0.3 is 0 Å². The zero-order chi connectivity index (χ0) is 16.4. The highest BCUT2D eigenvalue weighted by Gasteiger charge is 2.23. The van der Waals surface area contributed by atoms with Gasteiger partial charge in [0.05, 0.1) is 5.02 Å². The number of pyridine rings is 1. The number of hydrogen-bond acceptors (Lipinski definition) is 4. The van der Waals surface area contributed by atoms with Crippen LogP contribution in [0.4, 0.5) is 0 Å². The molecule has 0 fully saturated rings. The summed E-state index contributed by atoms with van der Waals surface area (Å²) in [7, 11) is 0. The van der Waals surface area contributed by atoms with Crippen LogP contribution in [0.5, 0.6) is 23.1 Å². The second kappa shape index (κ2) is 6.42. The third-order valence-corrected chi connectivity index (χ3v) is 3.89. The van der Waals surface area contributed by atoms with Crippen molar-refractivity contribution in [1.82, 2.24) is 4.98 Å². The molecule has 0 N–H and O–H groups in total. The quantitative estimate of drug-likeness (QED) is 0.670. The van der Waals surface area contributed by atoms with Crippen LogP contribution in [-0.4, -0.2) is 11.6 Å². The molecule has 0 saturated heterocycles. The molecule has 0 spiro atoms. The smallest absolute Gasteiger partial charge is 0.219 e. The molecular weight excluding hydrogens is 326 g/mol. The normalized spacial score (nSPS) is 15.8. The highest BCUT2D eigenvalue weighted by molar-refractivity contribution is 6.30. The van der Waals surface area contributed by atoms with Gasteiger partial charge in [-0.3, -0.25) is 0 Å². The highest BCUT2D eigenvalue weighted by Crippen LogP contribution is 2.39. The molecule has 0 radical (unpaired) electrons. The Balaban J connectivity index is 1.52. The van der Waals surface area contributed by atoms with Gasteiger partial charge in [0, 0.05) is 18.3 Å². The zero-order valence-corrected chi connectivity index (χ0v) is 13.4. The van der Waals surface area contributed by atoms with Crippen molar-refractivity contribution >= 4 is 11.6 Å². The summed E-state index contributed by atoms with van der Waals surface area (Å²) in [4.78, 5) is 4.11. The molecular formula is C19H14ClNO3. The second-order valence-corrected chi connectivity index (χ2v) is 5.79. The molecule has 0 amide bonds. The molecule has 1 aromatic heterocycles. The van der Waals surface area contributed by atoms with Gasteiger partial charge in [-0.25, -0.2) is 4.98 Å². The molecule has 1 aliphatic rings. The third-order valence-electron chi connectivity index (χ3n) is 3.67. The van der Waals surface area contributed by atoms with Gasteiger partial charge in [0.15, 0.2) is 17.6 Å². The number of halogens is 1. The maximum atomic E-state index is 6.03. The average Bonchev–Trinajstić information content (AvgIpc) is 2.64. The minimum atomic E-state index is -0.108. The van der Waals surface area contributed by atoms with E-state index in [1.807, 2.05) is 42.5 Å². The molecule has 0 aliphatic carbocycles. The molecule has 2 heterocycles. The molecule has 0 bridgehead atoms. The summed E-state index contributed by atoms with van der Waals surface area (Å²) in [6.45, 7) is 0.458. The first kappa shape index (κ1) is 14.8. The van der Waals surface area contributed by atoms with E-state index in [1.165, 1.54) is 0 Å². The molecule has 4 rings (SSSR count). The SMILES string of the molecule is Clc1ccc(Oc2ccc3c(c2)OCC(c2ccccc2)O3)nc1. The van der Waals surface area contributed by atoms with Gasteiger partial charge in [0.25, 0.3) is 0 Å². The summed E-state index contributed by atoms with van der Waals surface area (Å²) >= 11 is 5.82. The number of benzene rings is 2. The van der Waals surface area contributed by atoms with Crippen molar-refractivity contribution in [2.24, 2.45) is 0 Å². The number of rotatable bonds is 3. The van der Waals surface area contributed by atoms with E-state index >= 15 is 0 Å². The molecule has 24 heavy (non-hydrogen) atoms. The number of aromatic nitrogens is 1. The lowest BCUT2D eigenvalue weighted by atomic mass is 10.1. The number of fused-ring (bicyclic) bond motifs is 1. The summed E-state index contributed by atoms with van der Waals surface area (Å²) < 4.78 is 17.6. The van der Waals surface area contributed by atoms with E-state index in [4.69, 9.17) is 25.8 Å². The molecule has 5 heteroatoms. The van der Waals surface area contributed by atoms with Crippen molar-refractivity contribution in [2.75, 3.05) is 6.61 Å². The fourth-order valence-corrected chi connectivity index (χ4v) is 2.60. The van der Waals surface area contributed by atoms with E-state index in [9.17, 15) is 0 Å². The Morgan fingerprint density at radius 3 is 2.67 bits per heavy atom.